The minimum Gasteiger partial charge on any atom is -0.508 e. The maximum atomic E-state index is 11.1. The van der Waals surface area contributed by atoms with Crippen LogP contribution in [0, 0.1) is 0 Å². The van der Waals surface area contributed by atoms with Gasteiger partial charge in [0, 0.05) is 28.9 Å². The highest BCUT2D eigenvalue weighted by molar-refractivity contribution is 9.10. The van der Waals surface area contributed by atoms with Crippen LogP contribution in [0.5, 0.6) is 5.75 Å². The van der Waals surface area contributed by atoms with Gasteiger partial charge in [-0.3, -0.25) is 0 Å². The van der Waals surface area contributed by atoms with E-state index in [0.717, 1.165) is 10.0 Å². The van der Waals surface area contributed by atoms with E-state index in [1.807, 2.05) is 6.07 Å². The van der Waals surface area contributed by atoms with Crippen LogP contribution in [0.1, 0.15) is 12.5 Å². The molecule has 0 radical (unpaired) electrons. The van der Waals surface area contributed by atoms with Crippen LogP contribution in [-0.2, 0) is 16.4 Å². The van der Waals surface area contributed by atoms with Gasteiger partial charge >= 0.3 is 0 Å². The number of hydrogen-bond acceptors (Lipinski definition) is 4. The lowest BCUT2D eigenvalue weighted by Gasteiger charge is -2.13. The Morgan fingerprint density at radius 1 is 1.47 bits per heavy atom. The normalized spacial score (nSPS) is 13.6. The molecule has 0 aliphatic rings. The van der Waals surface area contributed by atoms with Crippen LogP contribution < -0.4 is 5.32 Å². The molecule has 17 heavy (non-hydrogen) atoms. The summed E-state index contributed by atoms with van der Waals surface area (Å²) in [5.41, 5.74) is 0.744. The lowest BCUT2D eigenvalue weighted by Crippen LogP contribution is -2.32. The smallest absolute Gasteiger partial charge is 0.148 e. The molecule has 96 valence electrons. The van der Waals surface area contributed by atoms with Crippen molar-refractivity contribution in [2.75, 3.05) is 12.0 Å². The molecule has 0 amide bonds. The monoisotopic (exact) mass is 321 g/mol. The number of phenols is 1. The predicted molar refractivity (Wildman–Crippen MR) is 71.8 cm³/mol. The zero-order valence-corrected chi connectivity index (χ0v) is 12.2. The van der Waals surface area contributed by atoms with Crippen molar-refractivity contribution >= 4 is 25.8 Å². The van der Waals surface area contributed by atoms with Crippen molar-refractivity contribution in [1.29, 1.82) is 0 Å². The van der Waals surface area contributed by atoms with Crippen molar-refractivity contribution in [3.05, 3.63) is 28.2 Å². The molecular weight excluding hydrogens is 306 g/mol. The lowest BCUT2D eigenvalue weighted by molar-refractivity contribution is 0.461. The first-order chi connectivity index (χ1) is 7.78. The van der Waals surface area contributed by atoms with Gasteiger partial charge in [0.05, 0.1) is 5.75 Å². The molecule has 6 heteroatoms. The maximum Gasteiger partial charge on any atom is 0.148 e. The summed E-state index contributed by atoms with van der Waals surface area (Å²) in [6.07, 6.45) is 1.21. The highest BCUT2D eigenvalue weighted by atomic mass is 79.9. The summed E-state index contributed by atoms with van der Waals surface area (Å²) in [7, 11) is -2.98. The topological polar surface area (TPSA) is 66.4 Å². The van der Waals surface area contributed by atoms with E-state index >= 15 is 0 Å². The van der Waals surface area contributed by atoms with Crippen LogP contribution in [0.3, 0.4) is 0 Å². The van der Waals surface area contributed by atoms with E-state index in [4.69, 9.17) is 0 Å². The lowest BCUT2D eigenvalue weighted by atomic mass is 10.2. The van der Waals surface area contributed by atoms with Gasteiger partial charge in [-0.05, 0) is 19.1 Å². The number of aromatic hydroxyl groups is 1. The second-order valence-corrected chi connectivity index (χ2v) is 7.25. The Hall–Kier alpha value is -0.590. The minimum atomic E-state index is -2.98. The van der Waals surface area contributed by atoms with Crippen molar-refractivity contribution in [3.8, 4) is 5.75 Å². The van der Waals surface area contributed by atoms with Gasteiger partial charge in [-0.2, -0.15) is 0 Å². The molecule has 0 aliphatic carbocycles. The Labute approximate surface area is 110 Å². The standard InChI is InChI=1S/C11H16BrNO3S/c1-8(7-17(2,15)16)13-6-9-3-4-10(12)5-11(9)14/h3-5,8,13-14H,6-7H2,1-2H3. The Morgan fingerprint density at radius 3 is 2.65 bits per heavy atom. The Morgan fingerprint density at radius 2 is 2.12 bits per heavy atom. The number of benzene rings is 1. The Balaban J connectivity index is 2.56. The van der Waals surface area contributed by atoms with Crippen LogP contribution >= 0.6 is 15.9 Å². The first-order valence-electron chi connectivity index (χ1n) is 5.16. The van der Waals surface area contributed by atoms with E-state index < -0.39 is 9.84 Å². The van der Waals surface area contributed by atoms with E-state index in [-0.39, 0.29) is 17.5 Å². The summed E-state index contributed by atoms with van der Waals surface area (Å²) >= 11 is 3.26. The number of phenolic OH excluding ortho intramolecular Hbond substituents is 1. The molecule has 0 heterocycles. The Kier molecular flexibility index (Phi) is 4.97. The highest BCUT2D eigenvalue weighted by Crippen LogP contribution is 2.22. The fourth-order valence-corrected chi connectivity index (χ4v) is 2.86. The molecule has 0 aromatic heterocycles. The highest BCUT2D eigenvalue weighted by Gasteiger charge is 2.10. The molecule has 0 saturated heterocycles. The molecule has 2 N–H and O–H groups in total. The van der Waals surface area contributed by atoms with Gasteiger partial charge in [0.25, 0.3) is 0 Å². The fraction of sp³-hybridized carbons (Fsp3) is 0.455. The first-order valence-corrected chi connectivity index (χ1v) is 8.02. The molecule has 1 aromatic rings. The third kappa shape index (κ3) is 5.52. The van der Waals surface area contributed by atoms with E-state index in [0.29, 0.717) is 6.54 Å². The van der Waals surface area contributed by atoms with Crippen molar-refractivity contribution < 1.29 is 13.5 Å². The van der Waals surface area contributed by atoms with Gasteiger partial charge in [0.2, 0.25) is 0 Å². The molecule has 1 atom stereocenters. The number of sulfone groups is 1. The van der Waals surface area contributed by atoms with Crippen molar-refractivity contribution in [1.82, 2.24) is 5.32 Å². The average Bonchev–Trinajstić information content (AvgIpc) is 2.13. The van der Waals surface area contributed by atoms with Gasteiger partial charge in [-0.1, -0.05) is 22.0 Å². The molecule has 0 saturated carbocycles. The Bertz CT molecular complexity index is 487. The minimum absolute atomic E-state index is 0.0876. The summed E-state index contributed by atoms with van der Waals surface area (Å²) in [6, 6.07) is 5.09. The molecule has 0 aliphatic heterocycles. The van der Waals surface area contributed by atoms with Crippen LogP contribution in [0.2, 0.25) is 0 Å². The summed E-state index contributed by atoms with van der Waals surface area (Å²) < 4.78 is 22.9. The molecule has 0 spiro atoms. The van der Waals surface area contributed by atoms with Crippen LogP contribution in [0.25, 0.3) is 0 Å². The molecular formula is C11H16BrNO3S. The summed E-state index contributed by atoms with van der Waals surface area (Å²) in [6.45, 7) is 2.24. The van der Waals surface area contributed by atoms with Crippen LogP contribution in [-0.4, -0.2) is 31.6 Å². The zero-order valence-electron chi connectivity index (χ0n) is 9.77. The van der Waals surface area contributed by atoms with E-state index in [2.05, 4.69) is 21.2 Å². The van der Waals surface area contributed by atoms with Gasteiger partial charge in [-0.25, -0.2) is 8.42 Å². The van der Waals surface area contributed by atoms with Crippen LogP contribution in [0.4, 0.5) is 0 Å². The second kappa shape index (κ2) is 5.84. The summed E-state index contributed by atoms with van der Waals surface area (Å²) in [5.74, 6) is 0.281. The largest absolute Gasteiger partial charge is 0.508 e. The van der Waals surface area contributed by atoms with E-state index in [1.54, 1.807) is 19.1 Å². The maximum absolute atomic E-state index is 11.1. The summed E-state index contributed by atoms with van der Waals surface area (Å²) in [5, 5.41) is 12.7. The van der Waals surface area contributed by atoms with Crippen molar-refractivity contribution in [2.45, 2.75) is 19.5 Å². The molecule has 1 aromatic carbocycles. The van der Waals surface area contributed by atoms with E-state index in [9.17, 15) is 13.5 Å². The predicted octanol–water partition coefficient (Wildman–Crippen LogP) is 1.68. The number of halogens is 1. The number of nitrogens with one attached hydrogen (secondary N) is 1. The van der Waals surface area contributed by atoms with Gasteiger partial charge in [0.15, 0.2) is 0 Å². The quantitative estimate of drug-likeness (QED) is 0.866. The molecule has 0 bridgehead atoms. The molecule has 1 unspecified atom stereocenters. The number of rotatable bonds is 5. The van der Waals surface area contributed by atoms with Crippen molar-refractivity contribution in [2.24, 2.45) is 0 Å². The van der Waals surface area contributed by atoms with Crippen LogP contribution in [0.15, 0.2) is 22.7 Å². The zero-order chi connectivity index (χ0) is 13.1. The third-order valence-corrected chi connectivity index (χ3v) is 3.84. The fourth-order valence-electron chi connectivity index (χ4n) is 1.48. The first kappa shape index (κ1) is 14.5. The average molecular weight is 322 g/mol. The summed E-state index contributed by atoms with van der Waals surface area (Å²) in [4.78, 5) is 0. The van der Waals surface area contributed by atoms with Gasteiger partial charge in [0.1, 0.15) is 15.6 Å². The molecule has 4 nitrogen and oxygen atoms in total. The van der Waals surface area contributed by atoms with Gasteiger partial charge in [-0.15, -0.1) is 0 Å². The second-order valence-electron chi connectivity index (χ2n) is 4.15. The van der Waals surface area contributed by atoms with Crippen molar-refractivity contribution in [3.63, 3.8) is 0 Å². The number of hydrogen-bond donors (Lipinski definition) is 2. The van der Waals surface area contributed by atoms with E-state index in [1.165, 1.54) is 6.26 Å². The third-order valence-electron chi connectivity index (χ3n) is 2.24. The van der Waals surface area contributed by atoms with Gasteiger partial charge < -0.3 is 10.4 Å². The molecule has 0 fully saturated rings. The molecule has 1 rings (SSSR count). The SMILES string of the molecule is CC(CS(C)(=O)=O)NCc1ccc(Br)cc1O.